The number of aromatic nitrogens is 2. The van der Waals surface area contributed by atoms with Crippen LogP contribution in [0.2, 0.25) is 0 Å². The van der Waals surface area contributed by atoms with Gasteiger partial charge in [-0.25, -0.2) is 9.37 Å². The minimum absolute atomic E-state index is 0.0648. The van der Waals surface area contributed by atoms with Crippen molar-refractivity contribution in [2.45, 2.75) is 31.9 Å². The quantitative estimate of drug-likeness (QED) is 0.738. The summed E-state index contributed by atoms with van der Waals surface area (Å²) in [6, 6.07) is 5.94. The van der Waals surface area contributed by atoms with E-state index in [0.717, 1.165) is 12.8 Å². The Balaban J connectivity index is 2.21. The van der Waals surface area contributed by atoms with Crippen LogP contribution in [-0.4, -0.2) is 39.9 Å². The molecule has 1 aliphatic heterocycles. The molecule has 1 atom stereocenters. The topological polar surface area (TPSA) is 108 Å². The molecule has 1 aliphatic rings. The van der Waals surface area contributed by atoms with Crippen LogP contribution in [0.25, 0.3) is 11.3 Å². The molecule has 3 rings (SSSR count). The van der Waals surface area contributed by atoms with Gasteiger partial charge in [0.25, 0.3) is 5.56 Å². The number of hydrogen-bond donors (Lipinski definition) is 2. The minimum atomic E-state index is -0.937. The number of anilines is 1. The molecule has 150 valence electrons. The van der Waals surface area contributed by atoms with Crippen LogP contribution in [0.1, 0.15) is 30.9 Å². The maximum absolute atomic E-state index is 14.2. The van der Waals surface area contributed by atoms with Crippen LogP contribution in [0.4, 0.5) is 10.3 Å². The van der Waals surface area contributed by atoms with Crippen molar-refractivity contribution in [1.29, 1.82) is 5.26 Å². The molecular formula is C21H22FN5O2. The van der Waals surface area contributed by atoms with Gasteiger partial charge < -0.3 is 15.7 Å². The first-order valence-electron chi connectivity index (χ1n) is 9.33. The second kappa shape index (κ2) is 8.44. The zero-order chi connectivity index (χ0) is 21.1. The summed E-state index contributed by atoms with van der Waals surface area (Å²) in [5.74, 6) is 4.99. The van der Waals surface area contributed by atoms with Crippen molar-refractivity contribution in [3.63, 3.8) is 0 Å². The lowest BCUT2D eigenvalue weighted by Gasteiger charge is -2.32. The van der Waals surface area contributed by atoms with E-state index >= 15 is 0 Å². The van der Waals surface area contributed by atoms with Gasteiger partial charge in [-0.1, -0.05) is 17.9 Å². The Morgan fingerprint density at radius 3 is 2.66 bits per heavy atom. The van der Waals surface area contributed by atoms with E-state index in [4.69, 9.17) is 11.0 Å². The summed E-state index contributed by atoms with van der Waals surface area (Å²) in [7, 11) is 1.61. The summed E-state index contributed by atoms with van der Waals surface area (Å²) < 4.78 is 15.6. The van der Waals surface area contributed by atoms with Gasteiger partial charge in [0, 0.05) is 31.7 Å². The molecule has 1 aromatic heterocycles. The summed E-state index contributed by atoms with van der Waals surface area (Å²) in [5.41, 5.74) is 6.10. The summed E-state index contributed by atoms with van der Waals surface area (Å²) in [5, 5.41) is 18.5. The van der Waals surface area contributed by atoms with E-state index in [0.29, 0.717) is 24.6 Å². The lowest BCUT2D eigenvalue weighted by molar-refractivity contribution is 0.253. The Hall–Kier alpha value is -3.20. The number of aliphatic hydroxyl groups is 1. The Labute approximate surface area is 168 Å². The molecule has 1 unspecified atom stereocenters. The van der Waals surface area contributed by atoms with Crippen molar-refractivity contribution < 1.29 is 9.50 Å². The van der Waals surface area contributed by atoms with E-state index in [1.165, 1.54) is 29.7 Å². The van der Waals surface area contributed by atoms with Gasteiger partial charge in [-0.05, 0) is 31.9 Å². The molecule has 0 aliphatic carbocycles. The number of nitrogens with zero attached hydrogens (tertiary/aromatic N) is 4. The highest BCUT2D eigenvalue weighted by molar-refractivity contribution is 5.69. The number of hydrogen-bond acceptors (Lipinski definition) is 6. The van der Waals surface area contributed by atoms with E-state index in [9.17, 15) is 14.3 Å². The minimum Gasteiger partial charge on any atom is -0.381 e. The summed E-state index contributed by atoms with van der Waals surface area (Å²) in [4.78, 5) is 19.7. The van der Waals surface area contributed by atoms with Crippen LogP contribution in [0.5, 0.6) is 0 Å². The van der Waals surface area contributed by atoms with Crippen LogP contribution >= 0.6 is 0 Å². The highest BCUT2D eigenvalue weighted by Crippen LogP contribution is 2.25. The van der Waals surface area contributed by atoms with Crippen LogP contribution in [0.15, 0.2) is 23.0 Å². The van der Waals surface area contributed by atoms with Crippen molar-refractivity contribution in [2.75, 3.05) is 18.0 Å². The Morgan fingerprint density at radius 1 is 1.38 bits per heavy atom. The van der Waals surface area contributed by atoms with E-state index in [1.807, 2.05) is 4.90 Å². The second-order valence-electron chi connectivity index (χ2n) is 7.08. The van der Waals surface area contributed by atoms with Crippen LogP contribution in [0, 0.1) is 29.0 Å². The van der Waals surface area contributed by atoms with Gasteiger partial charge in [-0.2, -0.15) is 5.26 Å². The predicted molar refractivity (Wildman–Crippen MR) is 108 cm³/mol. The lowest BCUT2D eigenvalue weighted by atomic mass is 10.0. The third-order valence-corrected chi connectivity index (χ3v) is 4.86. The summed E-state index contributed by atoms with van der Waals surface area (Å²) in [6.07, 6.45) is 0.620. The van der Waals surface area contributed by atoms with E-state index in [-0.39, 0.29) is 22.9 Å². The number of piperidine rings is 1. The van der Waals surface area contributed by atoms with Gasteiger partial charge in [0.15, 0.2) is 0 Å². The fourth-order valence-electron chi connectivity index (χ4n) is 3.22. The highest BCUT2D eigenvalue weighted by Gasteiger charge is 2.23. The first-order valence-corrected chi connectivity index (χ1v) is 9.33. The molecule has 0 amide bonds. The normalized spacial score (nSPS) is 15.4. The number of halogens is 1. The van der Waals surface area contributed by atoms with Gasteiger partial charge in [0.1, 0.15) is 23.6 Å². The predicted octanol–water partition coefficient (Wildman–Crippen LogP) is 1.12. The fourth-order valence-corrected chi connectivity index (χ4v) is 3.22. The maximum Gasteiger partial charge on any atom is 0.271 e. The van der Waals surface area contributed by atoms with Crippen molar-refractivity contribution in [3.8, 4) is 29.2 Å². The average molecular weight is 395 g/mol. The average Bonchev–Trinajstić information content (AvgIpc) is 2.69. The number of nitrogens with two attached hydrogens (primary N) is 1. The van der Waals surface area contributed by atoms with Crippen LogP contribution in [0.3, 0.4) is 0 Å². The van der Waals surface area contributed by atoms with E-state index < -0.39 is 17.5 Å². The molecule has 7 nitrogen and oxygen atoms in total. The molecule has 0 spiro atoms. The molecule has 0 saturated carbocycles. The summed E-state index contributed by atoms with van der Waals surface area (Å²) >= 11 is 0. The maximum atomic E-state index is 14.2. The molecule has 29 heavy (non-hydrogen) atoms. The number of benzene rings is 1. The molecule has 3 N–H and O–H groups in total. The smallest absolute Gasteiger partial charge is 0.271 e. The summed E-state index contributed by atoms with van der Waals surface area (Å²) in [6.45, 7) is 2.79. The number of nitriles is 1. The monoisotopic (exact) mass is 395 g/mol. The third kappa shape index (κ3) is 4.29. The first-order chi connectivity index (χ1) is 13.8. The molecule has 1 fully saturated rings. The number of aliphatic hydroxyl groups excluding tert-OH is 1. The molecule has 1 aromatic carbocycles. The van der Waals surface area contributed by atoms with Crippen molar-refractivity contribution in [3.05, 3.63) is 45.5 Å². The van der Waals surface area contributed by atoms with Crippen molar-refractivity contribution in [1.82, 2.24) is 9.55 Å². The highest BCUT2D eigenvalue weighted by atomic mass is 19.1. The molecule has 1 saturated heterocycles. The number of rotatable bonds is 2. The molecule has 0 bridgehead atoms. The van der Waals surface area contributed by atoms with Crippen LogP contribution < -0.4 is 16.2 Å². The van der Waals surface area contributed by atoms with Crippen molar-refractivity contribution >= 4 is 5.95 Å². The lowest BCUT2D eigenvalue weighted by Crippen LogP contribution is -2.42. The zero-order valence-corrected chi connectivity index (χ0v) is 16.3. The van der Waals surface area contributed by atoms with E-state index in [2.05, 4.69) is 16.8 Å². The molecule has 2 aromatic rings. The fraction of sp³-hybridized carbons (Fsp3) is 0.381. The largest absolute Gasteiger partial charge is 0.381 e. The van der Waals surface area contributed by atoms with Crippen molar-refractivity contribution in [2.24, 2.45) is 12.8 Å². The molecular weight excluding hydrogens is 373 g/mol. The Kier molecular flexibility index (Phi) is 5.97. The van der Waals surface area contributed by atoms with Gasteiger partial charge in [0.05, 0.1) is 11.3 Å². The molecule has 2 heterocycles. The standard InChI is InChI=1S/C21H22FN5O2/c1-13(28)3-6-17-19(14-4-5-15(12-23)18(22)11-14)25-21(26(2)20(17)29)27-9-7-16(24)8-10-27/h4-5,11,13,16,28H,7-10,24H2,1-2H3. The second-order valence-corrected chi connectivity index (χ2v) is 7.08. The third-order valence-electron chi connectivity index (χ3n) is 4.86. The zero-order valence-electron chi connectivity index (χ0n) is 16.3. The Morgan fingerprint density at radius 2 is 2.07 bits per heavy atom. The SMILES string of the molecule is CC(O)C#Cc1c(-c2ccc(C#N)c(F)c2)nc(N2CCC(N)CC2)n(C)c1=O. The van der Waals surface area contributed by atoms with Gasteiger partial charge in [-0.15, -0.1) is 0 Å². The Bertz CT molecular complexity index is 1080. The first kappa shape index (κ1) is 20.5. The van der Waals surface area contributed by atoms with Gasteiger partial charge in [0.2, 0.25) is 5.95 Å². The molecule has 0 radical (unpaired) electrons. The molecule has 8 heteroatoms. The van der Waals surface area contributed by atoms with E-state index in [1.54, 1.807) is 13.1 Å². The van der Waals surface area contributed by atoms with Crippen LogP contribution in [-0.2, 0) is 7.05 Å². The van der Waals surface area contributed by atoms with Gasteiger partial charge in [-0.3, -0.25) is 9.36 Å². The van der Waals surface area contributed by atoms with Gasteiger partial charge >= 0.3 is 0 Å².